The zero-order valence-electron chi connectivity index (χ0n) is 13.2. The molecule has 0 fully saturated rings. The molecule has 4 heteroatoms. The normalized spacial score (nSPS) is 11.6. The molecule has 1 unspecified atom stereocenters. The fourth-order valence-electron chi connectivity index (χ4n) is 2.04. The van der Waals surface area contributed by atoms with Crippen molar-refractivity contribution in [1.29, 1.82) is 0 Å². The van der Waals surface area contributed by atoms with E-state index in [1.807, 2.05) is 43.3 Å². The lowest BCUT2D eigenvalue weighted by atomic mass is 10.2. The van der Waals surface area contributed by atoms with Gasteiger partial charge in [-0.1, -0.05) is 17.7 Å². The number of hydrogen-bond acceptors (Lipinski definition) is 3. The summed E-state index contributed by atoms with van der Waals surface area (Å²) in [7, 11) is 1.62. The van der Waals surface area contributed by atoms with Crippen LogP contribution >= 0.6 is 0 Å². The van der Waals surface area contributed by atoms with Crippen molar-refractivity contribution in [3.8, 4) is 5.75 Å². The molecule has 0 aliphatic carbocycles. The molecular formula is C18H22N2O2. The Kier molecular flexibility index (Phi) is 5.42. The van der Waals surface area contributed by atoms with Crippen LogP contribution < -0.4 is 15.4 Å². The van der Waals surface area contributed by atoms with Crippen molar-refractivity contribution >= 4 is 11.6 Å². The van der Waals surface area contributed by atoms with Gasteiger partial charge in [-0.2, -0.15) is 0 Å². The number of rotatable bonds is 6. The molecule has 2 aromatic rings. The molecule has 0 spiro atoms. The van der Waals surface area contributed by atoms with Crippen LogP contribution in [0.3, 0.4) is 0 Å². The van der Waals surface area contributed by atoms with E-state index < -0.39 is 0 Å². The van der Waals surface area contributed by atoms with Gasteiger partial charge in [-0.25, -0.2) is 0 Å². The molecule has 0 aliphatic heterocycles. The lowest BCUT2D eigenvalue weighted by molar-refractivity contribution is 0.0963. The summed E-state index contributed by atoms with van der Waals surface area (Å²) in [6, 6.07) is 15.4. The summed E-state index contributed by atoms with van der Waals surface area (Å²) in [5.74, 6) is 0.789. The van der Waals surface area contributed by atoms with E-state index in [0.717, 1.165) is 11.4 Å². The average molecular weight is 298 g/mol. The minimum Gasteiger partial charge on any atom is -0.489 e. The van der Waals surface area contributed by atoms with Gasteiger partial charge < -0.3 is 15.4 Å². The van der Waals surface area contributed by atoms with Crippen molar-refractivity contribution < 1.29 is 9.53 Å². The van der Waals surface area contributed by atoms with Gasteiger partial charge in [-0.15, -0.1) is 0 Å². The number of aryl methyl sites for hydroxylation is 1. The topological polar surface area (TPSA) is 50.4 Å². The summed E-state index contributed by atoms with van der Waals surface area (Å²) < 4.78 is 5.84. The largest absolute Gasteiger partial charge is 0.489 e. The van der Waals surface area contributed by atoms with E-state index in [4.69, 9.17) is 4.74 Å². The van der Waals surface area contributed by atoms with E-state index in [9.17, 15) is 4.79 Å². The van der Waals surface area contributed by atoms with Crippen molar-refractivity contribution in [1.82, 2.24) is 5.32 Å². The van der Waals surface area contributed by atoms with Crippen molar-refractivity contribution in [3.63, 3.8) is 0 Å². The second kappa shape index (κ2) is 7.50. The Morgan fingerprint density at radius 3 is 2.32 bits per heavy atom. The Balaban J connectivity index is 1.84. The molecule has 4 nitrogen and oxygen atoms in total. The van der Waals surface area contributed by atoms with Gasteiger partial charge in [0.2, 0.25) is 0 Å². The number of hydrogen-bond donors (Lipinski definition) is 2. The second-order valence-electron chi connectivity index (χ2n) is 5.28. The Labute approximate surface area is 131 Å². The Morgan fingerprint density at radius 2 is 1.73 bits per heavy atom. The van der Waals surface area contributed by atoms with Crippen LogP contribution in [0.25, 0.3) is 0 Å². The lowest BCUT2D eigenvalue weighted by Crippen LogP contribution is -2.22. The SMILES string of the molecule is CNC(=O)c1ccc(NCC(C)Oc2ccc(C)cc2)cc1. The molecule has 2 aromatic carbocycles. The molecule has 0 radical (unpaired) electrons. The molecule has 116 valence electrons. The first-order valence-corrected chi connectivity index (χ1v) is 7.38. The molecule has 0 heterocycles. The predicted octanol–water partition coefficient (Wildman–Crippen LogP) is 3.23. The summed E-state index contributed by atoms with van der Waals surface area (Å²) in [6.45, 7) is 4.76. The van der Waals surface area contributed by atoms with Crippen molar-refractivity contribution in [2.45, 2.75) is 20.0 Å². The summed E-state index contributed by atoms with van der Waals surface area (Å²) in [5, 5.41) is 5.91. The Morgan fingerprint density at radius 1 is 1.09 bits per heavy atom. The molecule has 2 N–H and O–H groups in total. The van der Waals surface area contributed by atoms with Crippen LogP contribution in [0.2, 0.25) is 0 Å². The van der Waals surface area contributed by atoms with Gasteiger partial charge in [0.1, 0.15) is 11.9 Å². The highest BCUT2D eigenvalue weighted by molar-refractivity contribution is 5.94. The van der Waals surface area contributed by atoms with E-state index in [1.165, 1.54) is 5.56 Å². The number of nitrogens with one attached hydrogen (secondary N) is 2. The molecule has 1 amide bonds. The summed E-state index contributed by atoms with van der Waals surface area (Å²) >= 11 is 0. The predicted molar refractivity (Wildman–Crippen MR) is 89.6 cm³/mol. The first kappa shape index (κ1) is 15.9. The summed E-state index contributed by atoms with van der Waals surface area (Å²) in [4.78, 5) is 11.5. The highest BCUT2D eigenvalue weighted by Gasteiger charge is 2.05. The molecule has 2 rings (SSSR count). The number of carbonyl (C=O) groups excluding carboxylic acids is 1. The summed E-state index contributed by atoms with van der Waals surface area (Å²) in [6.07, 6.45) is 0.0429. The quantitative estimate of drug-likeness (QED) is 0.861. The Hall–Kier alpha value is -2.49. The third-order valence-electron chi connectivity index (χ3n) is 3.33. The Bertz CT molecular complexity index is 606. The smallest absolute Gasteiger partial charge is 0.251 e. The van der Waals surface area contributed by atoms with Gasteiger partial charge in [0.05, 0.1) is 6.54 Å². The fraction of sp³-hybridized carbons (Fsp3) is 0.278. The van der Waals surface area contributed by atoms with Gasteiger partial charge in [-0.3, -0.25) is 4.79 Å². The van der Waals surface area contributed by atoms with Crippen LogP contribution in [0.15, 0.2) is 48.5 Å². The molecule has 0 aliphatic rings. The van der Waals surface area contributed by atoms with E-state index in [1.54, 1.807) is 19.2 Å². The van der Waals surface area contributed by atoms with Crippen LogP contribution in [0.5, 0.6) is 5.75 Å². The molecule has 0 saturated carbocycles. The summed E-state index contributed by atoms with van der Waals surface area (Å²) in [5.41, 5.74) is 2.83. The van der Waals surface area contributed by atoms with Crippen molar-refractivity contribution in [2.75, 3.05) is 18.9 Å². The highest BCUT2D eigenvalue weighted by Crippen LogP contribution is 2.14. The third-order valence-corrected chi connectivity index (χ3v) is 3.33. The molecule has 0 bridgehead atoms. The first-order chi connectivity index (χ1) is 10.6. The number of carbonyl (C=O) groups is 1. The lowest BCUT2D eigenvalue weighted by Gasteiger charge is -2.16. The monoisotopic (exact) mass is 298 g/mol. The van der Waals surface area contributed by atoms with Gasteiger partial charge in [0.15, 0.2) is 0 Å². The number of anilines is 1. The van der Waals surface area contributed by atoms with Crippen LogP contribution in [-0.4, -0.2) is 25.6 Å². The fourth-order valence-corrected chi connectivity index (χ4v) is 2.04. The molecule has 0 aromatic heterocycles. The minimum absolute atomic E-state index is 0.0429. The number of benzene rings is 2. The molecule has 0 saturated heterocycles. The molecule has 22 heavy (non-hydrogen) atoms. The maximum Gasteiger partial charge on any atom is 0.251 e. The van der Waals surface area contributed by atoms with Crippen molar-refractivity contribution in [2.24, 2.45) is 0 Å². The second-order valence-corrected chi connectivity index (χ2v) is 5.28. The minimum atomic E-state index is -0.0809. The maximum atomic E-state index is 11.5. The van der Waals surface area contributed by atoms with E-state index in [0.29, 0.717) is 12.1 Å². The van der Waals surface area contributed by atoms with Crippen LogP contribution in [0, 0.1) is 6.92 Å². The van der Waals surface area contributed by atoms with Gasteiger partial charge in [0.25, 0.3) is 5.91 Å². The van der Waals surface area contributed by atoms with Crippen LogP contribution in [0.4, 0.5) is 5.69 Å². The number of ether oxygens (including phenoxy) is 1. The van der Waals surface area contributed by atoms with Gasteiger partial charge >= 0.3 is 0 Å². The first-order valence-electron chi connectivity index (χ1n) is 7.38. The van der Waals surface area contributed by atoms with Crippen molar-refractivity contribution in [3.05, 3.63) is 59.7 Å². The highest BCUT2D eigenvalue weighted by atomic mass is 16.5. The van der Waals surface area contributed by atoms with Crippen LogP contribution in [0.1, 0.15) is 22.8 Å². The van der Waals surface area contributed by atoms with Gasteiger partial charge in [-0.05, 0) is 50.2 Å². The third kappa shape index (κ3) is 4.52. The zero-order valence-corrected chi connectivity index (χ0v) is 13.2. The zero-order chi connectivity index (χ0) is 15.9. The maximum absolute atomic E-state index is 11.5. The van der Waals surface area contributed by atoms with E-state index in [2.05, 4.69) is 17.6 Å². The average Bonchev–Trinajstić information content (AvgIpc) is 2.55. The van der Waals surface area contributed by atoms with E-state index in [-0.39, 0.29) is 12.0 Å². The van der Waals surface area contributed by atoms with E-state index >= 15 is 0 Å². The molecular weight excluding hydrogens is 276 g/mol. The standard InChI is InChI=1S/C18H22N2O2/c1-13-4-10-17(11-5-13)22-14(2)12-20-16-8-6-15(7-9-16)18(21)19-3/h4-11,14,20H,12H2,1-3H3,(H,19,21). The molecule has 1 atom stereocenters. The van der Waals surface area contributed by atoms with Gasteiger partial charge in [0, 0.05) is 18.3 Å². The van der Waals surface area contributed by atoms with Crippen LogP contribution in [-0.2, 0) is 0 Å². The number of amides is 1.